The van der Waals surface area contributed by atoms with Gasteiger partial charge < -0.3 is 25.2 Å². The number of aliphatic hydroxyl groups is 1. The monoisotopic (exact) mass is 745 g/mol. The maximum absolute atomic E-state index is 14.2. The van der Waals surface area contributed by atoms with Gasteiger partial charge >= 0.3 is 47.7 Å². The van der Waals surface area contributed by atoms with Crippen molar-refractivity contribution in [1.29, 1.82) is 5.26 Å². The van der Waals surface area contributed by atoms with Gasteiger partial charge in [0, 0.05) is 42.4 Å². The average Bonchev–Trinajstić information content (AvgIpc) is 3.83. The number of fused-ring (bicyclic) bond motifs is 2. The van der Waals surface area contributed by atoms with E-state index in [1.807, 2.05) is 0 Å². The van der Waals surface area contributed by atoms with Crippen molar-refractivity contribution >= 4 is 18.2 Å². The Kier molecular flexibility index (Phi) is 14.0. The van der Waals surface area contributed by atoms with Gasteiger partial charge in [0.2, 0.25) is 0 Å². The number of nitrogens with zero attached hydrogens (tertiary/aromatic N) is 3. The van der Waals surface area contributed by atoms with E-state index < -0.39 is 81.5 Å². The van der Waals surface area contributed by atoms with E-state index in [1.54, 1.807) is 48.5 Å². The zero-order chi connectivity index (χ0) is 37.6. The number of nitriles is 1. The molecule has 3 N–H and O–H groups in total. The van der Waals surface area contributed by atoms with Crippen molar-refractivity contribution in [1.82, 2.24) is 9.80 Å². The minimum Gasteiger partial charge on any atom is -0.870 e. The summed E-state index contributed by atoms with van der Waals surface area (Å²) in [6.07, 6.45) is -0.361. The first-order valence-electron chi connectivity index (χ1n) is 16.3. The van der Waals surface area contributed by atoms with Crippen molar-refractivity contribution in [2.45, 2.75) is 95.4 Å². The van der Waals surface area contributed by atoms with Crippen LogP contribution in [0.5, 0.6) is 0 Å². The molecule has 0 radical (unpaired) electrons. The molecule has 2 unspecified atom stereocenters. The SMILES string of the molecule is CC(C)(C)OC(=O)N1C[C@@]2(c3cc(F)ccc3F)C[C@H]2C1C#N.CC(C)(C)OC(=O)N1C[C@@]2(c3cc(F)ccc3F)C[C@H]2C1C(=O)O.CCO.[Na+].[OH-]. The third-order valence-corrected chi connectivity index (χ3v) is 9.18. The second-order valence-electron chi connectivity index (χ2n) is 15.1. The third-order valence-electron chi connectivity index (χ3n) is 9.18. The van der Waals surface area contributed by atoms with Crippen LogP contribution in [-0.4, -0.2) is 86.6 Å². The van der Waals surface area contributed by atoms with Crippen LogP contribution >= 0.6 is 0 Å². The molecule has 280 valence electrons. The van der Waals surface area contributed by atoms with Crippen molar-refractivity contribution in [3.63, 3.8) is 0 Å². The first-order valence-corrected chi connectivity index (χ1v) is 16.3. The van der Waals surface area contributed by atoms with Gasteiger partial charge in [-0.3, -0.25) is 9.80 Å². The summed E-state index contributed by atoms with van der Waals surface area (Å²) in [7, 11) is 0. The molecule has 52 heavy (non-hydrogen) atoms. The number of piperidine rings is 2. The van der Waals surface area contributed by atoms with E-state index in [2.05, 4.69) is 6.07 Å². The van der Waals surface area contributed by atoms with E-state index in [4.69, 9.17) is 14.6 Å². The van der Waals surface area contributed by atoms with Gasteiger partial charge in [0.25, 0.3) is 0 Å². The number of carbonyl (C=O) groups is 3. The topological polar surface area (TPSA) is 170 Å². The van der Waals surface area contributed by atoms with Crippen LogP contribution in [0, 0.1) is 46.4 Å². The van der Waals surface area contributed by atoms with Crippen LogP contribution in [0.3, 0.4) is 0 Å². The average molecular weight is 746 g/mol. The summed E-state index contributed by atoms with van der Waals surface area (Å²) in [5.41, 5.74) is -2.61. The molecule has 4 fully saturated rings. The molecule has 2 amide bonds. The molecule has 6 atom stereocenters. The van der Waals surface area contributed by atoms with Crippen LogP contribution in [0.4, 0.5) is 27.2 Å². The number of halogens is 4. The smallest absolute Gasteiger partial charge is 0.870 e. The fraction of sp³-hybridized carbons (Fsp3) is 0.556. The van der Waals surface area contributed by atoms with Gasteiger partial charge in [-0.25, -0.2) is 31.9 Å². The van der Waals surface area contributed by atoms with Gasteiger partial charge in [0.15, 0.2) is 0 Å². The Morgan fingerprint density at radius 2 is 1.21 bits per heavy atom. The second-order valence-corrected chi connectivity index (χ2v) is 15.1. The number of ether oxygens (including phenoxy) is 2. The van der Waals surface area contributed by atoms with Crippen molar-refractivity contribution in [3.05, 3.63) is 70.8 Å². The van der Waals surface area contributed by atoms with Crippen molar-refractivity contribution in [3.8, 4) is 6.07 Å². The fourth-order valence-electron chi connectivity index (χ4n) is 7.11. The van der Waals surface area contributed by atoms with Gasteiger partial charge in [0.1, 0.15) is 46.6 Å². The van der Waals surface area contributed by atoms with Crippen molar-refractivity contribution < 1.29 is 86.7 Å². The van der Waals surface area contributed by atoms with E-state index in [0.29, 0.717) is 12.8 Å². The number of rotatable bonds is 3. The molecule has 4 aliphatic rings. The standard InChI is InChI=1S/C17H18F2N2O2.C17H19F2NO4.C2H6O.Na.H2O/c1-16(2,3)23-15(22)21-9-17(7-12(17)14(21)8-20)11-6-10(18)4-5-13(11)19;1-16(2,3)24-15(23)20-8-17(7-11(17)13(20)14(21)22)10-6-9(18)4-5-12(10)19;1-2-3;;/h4-6,12,14H,7,9H2,1-3H3;4-6,11,13H,7-8H2,1-3H3,(H,21,22);3H,2H2,1H3;;1H2/q;;;+1;/p-1/t12-,14?,17+;11-,13?,17+;;;/m00.../s1. The molecule has 0 aromatic heterocycles. The van der Waals surface area contributed by atoms with Crippen LogP contribution < -0.4 is 29.6 Å². The molecular weight excluding hydrogens is 701 g/mol. The summed E-state index contributed by atoms with van der Waals surface area (Å²) in [4.78, 5) is 38.7. The van der Waals surface area contributed by atoms with Gasteiger partial charge in [-0.2, -0.15) is 5.26 Å². The van der Waals surface area contributed by atoms with E-state index in [9.17, 15) is 42.3 Å². The Morgan fingerprint density at radius 1 is 0.827 bits per heavy atom. The Labute approximate surface area is 322 Å². The molecule has 2 saturated heterocycles. The number of likely N-dealkylation sites (tertiary alicyclic amines) is 2. The largest absolute Gasteiger partial charge is 1.00 e. The molecule has 2 heterocycles. The summed E-state index contributed by atoms with van der Waals surface area (Å²) in [5, 5.41) is 26.5. The Morgan fingerprint density at radius 3 is 1.62 bits per heavy atom. The van der Waals surface area contributed by atoms with Crippen molar-refractivity contribution in [2.24, 2.45) is 11.8 Å². The van der Waals surface area contributed by atoms with Crippen molar-refractivity contribution in [2.75, 3.05) is 19.7 Å². The van der Waals surface area contributed by atoms with Gasteiger partial charge in [-0.15, -0.1) is 0 Å². The first-order chi connectivity index (χ1) is 23.1. The number of hydrogen-bond donors (Lipinski definition) is 2. The number of carbonyl (C=O) groups excluding carboxylic acids is 2. The predicted molar refractivity (Wildman–Crippen MR) is 174 cm³/mol. The summed E-state index contributed by atoms with van der Waals surface area (Å²) < 4.78 is 65.9. The van der Waals surface area contributed by atoms with Crippen LogP contribution in [0.25, 0.3) is 0 Å². The molecule has 6 rings (SSSR count). The number of aliphatic carboxylic acids is 1. The summed E-state index contributed by atoms with van der Waals surface area (Å²) in [6, 6.07) is 6.80. The number of aliphatic hydroxyl groups excluding tert-OH is 1. The molecule has 2 aliphatic heterocycles. The number of amides is 2. The second kappa shape index (κ2) is 16.3. The summed E-state index contributed by atoms with van der Waals surface area (Å²) in [5.74, 6) is -4.00. The minimum absolute atomic E-state index is 0. The van der Waals surface area contributed by atoms with E-state index in [-0.39, 0.29) is 71.8 Å². The quantitative estimate of drug-likeness (QED) is 0.354. The third kappa shape index (κ3) is 9.20. The molecule has 2 aromatic rings. The van der Waals surface area contributed by atoms with Gasteiger partial charge in [-0.05, 0) is 109 Å². The van der Waals surface area contributed by atoms with Crippen LogP contribution in [0.15, 0.2) is 36.4 Å². The minimum atomic E-state index is -1.16. The predicted octanol–water partition coefficient (Wildman–Crippen LogP) is 3.12. The van der Waals surface area contributed by atoms with Crippen LogP contribution in [0.2, 0.25) is 0 Å². The van der Waals surface area contributed by atoms with E-state index in [1.165, 1.54) is 11.0 Å². The zero-order valence-corrected chi connectivity index (χ0v) is 32.5. The molecule has 16 heteroatoms. The Hall–Kier alpha value is -3.42. The Bertz CT molecular complexity index is 1700. The maximum atomic E-state index is 14.2. The van der Waals surface area contributed by atoms with E-state index >= 15 is 0 Å². The molecule has 2 saturated carbocycles. The van der Waals surface area contributed by atoms with Gasteiger partial charge in [-0.1, -0.05) is 0 Å². The molecule has 11 nitrogen and oxygen atoms in total. The number of carboxylic acids is 1. The molecule has 0 spiro atoms. The zero-order valence-electron chi connectivity index (χ0n) is 30.5. The molecule has 2 aliphatic carbocycles. The maximum Gasteiger partial charge on any atom is 1.00 e. The van der Waals surface area contributed by atoms with E-state index in [0.717, 1.165) is 35.2 Å². The first kappa shape index (κ1) is 44.7. The summed E-state index contributed by atoms with van der Waals surface area (Å²) >= 11 is 0. The number of hydrogen-bond acceptors (Lipinski definition) is 8. The van der Waals surface area contributed by atoms with Crippen LogP contribution in [0.1, 0.15) is 72.4 Å². The van der Waals surface area contributed by atoms with Gasteiger partial charge in [0.05, 0.1) is 6.07 Å². The number of carboxylic acid groups (broad SMARTS) is 1. The molecule has 0 bridgehead atoms. The summed E-state index contributed by atoms with van der Waals surface area (Å²) in [6.45, 7) is 12.4. The Balaban J connectivity index is 0.000000324. The molecular formula is C36H44F4N3NaO8. The fourth-order valence-corrected chi connectivity index (χ4v) is 7.11. The van der Waals surface area contributed by atoms with Crippen LogP contribution in [-0.2, 0) is 25.1 Å². The normalized spacial score (nSPS) is 26.3. The molecule has 2 aromatic carbocycles. The number of benzene rings is 2.